The Kier molecular flexibility index (Phi) is 7.33. The number of hydrogen-bond donors (Lipinski definition) is 1. The van der Waals surface area contributed by atoms with Gasteiger partial charge in [0.05, 0.1) is 19.5 Å². The fourth-order valence-electron chi connectivity index (χ4n) is 2.49. The second-order valence-electron chi connectivity index (χ2n) is 6.44. The van der Waals surface area contributed by atoms with Crippen molar-refractivity contribution in [2.75, 3.05) is 7.11 Å². The molecule has 0 saturated heterocycles. The average molecular weight is 357 g/mol. The number of rotatable bonds is 9. The van der Waals surface area contributed by atoms with Crippen molar-refractivity contribution in [1.82, 2.24) is 5.32 Å². The van der Waals surface area contributed by atoms with E-state index in [1.165, 1.54) is 6.08 Å². The first-order valence-corrected chi connectivity index (χ1v) is 8.83. The van der Waals surface area contributed by atoms with Crippen molar-refractivity contribution < 1.29 is 18.7 Å². The summed E-state index contributed by atoms with van der Waals surface area (Å²) in [5.74, 6) is 2.14. The van der Waals surface area contributed by atoms with Gasteiger partial charge in [0.25, 0.3) is 0 Å². The molecule has 1 unspecified atom stereocenters. The third kappa shape index (κ3) is 6.31. The Hall–Kier alpha value is -2.69. The van der Waals surface area contributed by atoms with Crippen LogP contribution in [0.1, 0.15) is 38.5 Å². The zero-order chi connectivity index (χ0) is 18.9. The van der Waals surface area contributed by atoms with Crippen molar-refractivity contribution in [2.45, 2.75) is 45.8 Å². The molecule has 2 aromatic rings. The van der Waals surface area contributed by atoms with Gasteiger partial charge in [-0.15, -0.1) is 0 Å². The molecule has 1 heterocycles. The van der Waals surface area contributed by atoms with Gasteiger partial charge in [-0.05, 0) is 63.1 Å². The maximum Gasteiger partial charge on any atom is 0.244 e. The van der Waals surface area contributed by atoms with E-state index in [4.69, 9.17) is 13.9 Å². The van der Waals surface area contributed by atoms with Gasteiger partial charge in [-0.25, -0.2) is 0 Å². The van der Waals surface area contributed by atoms with E-state index in [9.17, 15) is 4.79 Å². The number of ether oxygens (including phenoxy) is 2. The number of benzene rings is 1. The summed E-state index contributed by atoms with van der Waals surface area (Å²) in [6.07, 6.45) is 6.64. The minimum atomic E-state index is -0.126. The molecule has 0 aliphatic heterocycles. The Labute approximate surface area is 155 Å². The second kappa shape index (κ2) is 9.70. The van der Waals surface area contributed by atoms with Gasteiger partial charge < -0.3 is 19.2 Å². The molecule has 1 amide bonds. The van der Waals surface area contributed by atoms with Crippen LogP contribution >= 0.6 is 0 Å². The molecule has 1 aromatic heterocycles. The summed E-state index contributed by atoms with van der Waals surface area (Å²) < 4.78 is 16.3. The monoisotopic (exact) mass is 357 g/mol. The first kappa shape index (κ1) is 19.6. The van der Waals surface area contributed by atoms with Gasteiger partial charge in [0.1, 0.15) is 5.76 Å². The molecular weight excluding hydrogens is 330 g/mol. The predicted molar refractivity (Wildman–Crippen MR) is 102 cm³/mol. The molecule has 1 N–H and O–H groups in total. The van der Waals surface area contributed by atoms with Crippen molar-refractivity contribution in [3.63, 3.8) is 0 Å². The summed E-state index contributed by atoms with van der Waals surface area (Å²) in [7, 11) is 1.60. The van der Waals surface area contributed by atoms with Gasteiger partial charge in [-0.1, -0.05) is 6.07 Å². The van der Waals surface area contributed by atoms with Crippen LogP contribution in [0.25, 0.3) is 6.08 Å². The van der Waals surface area contributed by atoms with Crippen LogP contribution in [0, 0.1) is 0 Å². The number of methoxy groups -OCH3 is 1. The van der Waals surface area contributed by atoms with E-state index >= 15 is 0 Å². The SMILES string of the molecule is COc1cc(/C=C/C(=O)NC(C)CCc2ccco2)ccc1OC(C)C. The number of carbonyl (C=O) groups is 1. The molecule has 5 heteroatoms. The highest BCUT2D eigenvalue weighted by Gasteiger charge is 2.08. The van der Waals surface area contributed by atoms with Crippen LogP contribution in [-0.4, -0.2) is 25.2 Å². The molecule has 26 heavy (non-hydrogen) atoms. The fourth-order valence-corrected chi connectivity index (χ4v) is 2.49. The smallest absolute Gasteiger partial charge is 0.244 e. The lowest BCUT2D eigenvalue weighted by atomic mass is 10.1. The maximum atomic E-state index is 12.1. The highest BCUT2D eigenvalue weighted by atomic mass is 16.5. The number of carbonyl (C=O) groups excluding carboxylic acids is 1. The third-order valence-corrected chi connectivity index (χ3v) is 3.77. The van der Waals surface area contributed by atoms with Crippen molar-refractivity contribution in [2.24, 2.45) is 0 Å². The van der Waals surface area contributed by atoms with Crippen molar-refractivity contribution in [1.29, 1.82) is 0 Å². The quantitative estimate of drug-likeness (QED) is 0.683. The molecule has 1 aromatic carbocycles. The van der Waals surface area contributed by atoms with Crippen molar-refractivity contribution in [3.8, 4) is 11.5 Å². The maximum absolute atomic E-state index is 12.1. The van der Waals surface area contributed by atoms with Crippen molar-refractivity contribution >= 4 is 12.0 Å². The number of hydrogen-bond acceptors (Lipinski definition) is 4. The van der Waals surface area contributed by atoms with Crippen LogP contribution in [0.15, 0.2) is 47.1 Å². The predicted octanol–water partition coefficient (Wildman–Crippen LogP) is 4.23. The van der Waals surface area contributed by atoms with E-state index in [0.717, 1.165) is 24.2 Å². The number of amides is 1. The zero-order valence-corrected chi connectivity index (χ0v) is 15.8. The van der Waals surface area contributed by atoms with Gasteiger partial charge in [0, 0.05) is 18.5 Å². The molecule has 0 bridgehead atoms. The van der Waals surface area contributed by atoms with Gasteiger partial charge in [0.2, 0.25) is 5.91 Å². The second-order valence-corrected chi connectivity index (χ2v) is 6.44. The standard InChI is InChI=1S/C21H27NO4/c1-15(2)26-19-11-8-17(14-20(19)24-4)9-12-21(23)22-16(3)7-10-18-6-5-13-25-18/h5-6,8-9,11-16H,7,10H2,1-4H3,(H,22,23)/b12-9+. The average Bonchev–Trinajstić information content (AvgIpc) is 3.12. The van der Waals surface area contributed by atoms with Gasteiger partial charge in [-0.2, -0.15) is 0 Å². The molecule has 0 aliphatic rings. The minimum absolute atomic E-state index is 0.0635. The molecule has 140 valence electrons. The summed E-state index contributed by atoms with van der Waals surface area (Å²) in [6, 6.07) is 9.46. The van der Waals surface area contributed by atoms with Gasteiger partial charge >= 0.3 is 0 Å². The van der Waals surface area contributed by atoms with Gasteiger partial charge in [-0.3, -0.25) is 4.79 Å². The Bertz CT molecular complexity index is 720. The summed E-state index contributed by atoms with van der Waals surface area (Å²) in [6.45, 7) is 5.91. The van der Waals surface area contributed by atoms with Crippen molar-refractivity contribution in [3.05, 3.63) is 54.0 Å². The van der Waals surface area contributed by atoms with Crippen LogP contribution in [0.2, 0.25) is 0 Å². The molecule has 0 radical (unpaired) electrons. The lowest BCUT2D eigenvalue weighted by Gasteiger charge is -2.14. The Balaban J connectivity index is 1.88. The number of furan rings is 1. The largest absolute Gasteiger partial charge is 0.493 e. The first-order chi connectivity index (χ1) is 12.5. The molecule has 0 spiro atoms. The zero-order valence-electron chi connectivity index (χ0n) is 15.8. The molecule has 0 aliphatic carbocycles. The lowest BCUT2D eigenvalue weighted by Crippen LogP contribution is -2.31. The van der Waals surface area contributed by atoms with Crippen LogP contribution in [0.5, 0.6) is 11.5 Å². The molecule has 2 rings (SSSR count). The Morgan fingerprint density at radius 2 is 2.04 bits per heavy atom. The fraction of sp³-hybridized carbons (Fsp3) is 0.381. The van der Waals surface area contributed by atoms with Crippen LogP contribution in [0.3, 0.4) is 0 Å². The molecule has 1 atom stereocenters. The molecule has 0 saturated carbocycles. The highest BCUT2D eigenvalue weighted by molar-refractivity contribution is 5.92. The lowest BCUT2D eigenvalue weighted by molar-refractivity contribution is -0.117. The Morgan fingerprint density at radius 1 is 1.23 bits per heavy atom. The van der Waals surface area contributed by atoms with E-state index in [-0.39, 0.29) is 18.1 Å². The Morgan fingerprint density at radius 3 is 2.69 bits per heavy atom. The van der Waals surface area contributed by atoms with Gasteiger partial charge in [0.15, 0.2) is 11.5 Å². The summed E-state index contributed by atoms with van der Waals surface area (Å²) in [4.78, 5) is 12.1. The van der Waals surface area contributed by atoms with E-state index in [2.05, 4.69) is 5.32 Å². The molecule has 5 nitrogen and oxygen atoms in total. The molecule has 0 fully saturated rings. The number of nitrogens with one attached hydrogen (secondary N) is 1. The van der Waals surface area contributed by atoms with E-state index < -0.39 is 0 Å². The topological polar surface area (TPSA) is 60.7 Å². The molecular formula is C21H27NO4. The van der Waals surface area contributed by atoms with Crippen LogP contribution in [-0.2, 0) is 11.2 Å². The van der Waals surface area contributed by atoms with Crippen LogP contribution < -0.4 is 14.8 Å². The summed E-state index contributed by atoms with van der Waals surface area (Å²) in [5.41, 5.74) is 0.872. The number of aryl methyl sites for hydroxylation is 1. The first-order valence-electron chi connectivity index (χ1n) is 8.83. The normalized spacial score (nSPS) is 12.3. The van der Waals surface area contributed by atoms with E-state index in [0.29, 0.717) is 11.5 Å². The highest BCUT2D eigenvalue weighted by Crippen LogP contribution is 2.29. The third-order valence-electron chi connectivity index (χ3n) is 3.77. The van der Waals surface area contributed by atoms with Crippen LogP contribution in [0.4, 0.5) is 0 Å². The summed E-state index contributed by atoms with van der Waals surface area (Å²) >= 11 is 0. The minimum Gasteiger partial charge on any atom is -0.493 e. The van der Waals surface area contributed by atoms with E-state index in [1.54, 1.807) is 19.4 Å². The van der Waals surface area contributed by atoms with E-state index in [1.807, 2.05) is 51.1 Å². The summed E-state index contributed by atoms with van der Waals surface area (Å²) in [5, 5.41) is 2.96.